The molecule has 0 aromatic rings. The fraction of sp³-hybridized carbons (Fsp3) is 0.222. The zero-order valence-corrected chi connectivity index (χ0v) is 6.42. The zero-order valence-electron chi connectivity index (χ0n) is 6.42. The van der Waals surface area contributed by atoms with E-state index in [1.165, 1.54) is 0 Å². The van der Waals surface area contributed by atoms with E-state index in [9.17, 15) is 4.79 Å². The van der Waals surface area contributed by atoms with Crippen molar-refractivity contribution in [3.8, 4) is 0 Å². The maximum Gasteiger partial charge on any atom is 0.312 e. The summed E-state index contributed by atoms with van der Waals surface area (Å²) in [6.07, 6.45) is 11.1. The number of carboxylic acid groups (broad SMARTS) is 1. The summed E-state index contributed by atoms with van der Waals surface area (Å²) in [4.78, 5) is 12.6. The van der Waals surface area contributed by atoms with Crippen molar-refractivity contribution in [3.63, 3.8) is 0 Å². The largest absolute Gasteiger partial charge is 0.481 e. The van der Waals surface area contributed by atoms with Crippen molar-refractivity contribution >= 4 is 5.97 Å². The lowest BCUT2D eigenvalue weighted by Crippen LogP contribution is -2.31. The molecule has 1 N–H and O–H groups in total. The van der Waals surface area contributed by atoms with Crippen LogP contribution in [0.5, 0.6) is 0 Å². The van der Waals surface area contributed by atoms with E-state index in [0.29, 0.717) is 0 Å². The molecule has 2 unspecified atom stereocenters. The van der Waals surface area contributed by atoms with Crippen LogP contribution in [-0.4, -0.2) is 22.0 Å². The van der Waals surface area contributed by atoms with E-state index >= 15 is 0 Å². The number of carbonyl (C=O) groups is 1. The van der Waals surface area contributed by atoms with Gasteiger partial charge in [0, 0.05) is 12.4 Å². The number of allylic oxidation sites excluding steroid dienone is 2. The Morgan fingerprint density at radius 3 is 2.83 bits per heavy atom. The molecule has 62 valence electrons. The highest BCUT2D eigenvalue weighted by Gasteiger charge is 2.31. The van der Waals surface area contributed by atoms with Crippen LogP contribution in [-0.2, 0) is 4.79 Å². The first-order valence-electron chi connectivity index (χ1n) is 3.82. The van der Waals surface area contributed by atoms with Crippen LogP contribution in [0.3, 0.4) is 0 Å². The maximum atomic E-state index is 10.7. The SMILES string of the molecule is O=C(O)C1C=CN2C=CC=CC12. The van der Waals surface area contributed by atoms with Gasteiger partial charge in [-0.05, 0) is 6.08 Å². The predicted molar refractivity (Wildman–Crippen MR) is 44.2 cm³/mol. The van der Waals surface area contributed by atoms with Gasteiger partial charge in [0.05, 0.1) is 6.04 Å². The van der Waals surface area contributed by atoms with Gasteiger partial charge in [-0.2, -0.15) is 0 Å². The van der Waals surface area contributed by atoms with E-state index in [-0.39, 0.29) is 6.04 Å². The summed E-state index contributed by atoms with van der Waals surface area (Å²) in [6, 6.07) is -0.0208. The van der Waals surface area contributed by atoms with Gasteiger partial charge in [-0.1, -0.05) is 18.2 Å². The molecule has 3 heteroatoms. The van der Waals surface area contributed by atoms with E-state index in [1.807, 2.05) is 35.5 Å². The summed E-state index contributed by atoms with van der Waals surface area (Å²) < 4.78 is 0. The number of nitrogens with zero attached hydrogens (tertiary/aromatic N) is 1. The van der Waals surface area contributed by atoms with Crippen LogP contribution in [0.1, 0.15) is 0 Å². The van der Waals surface area contributed by atoms with Gasteiger partial charge in [-0.25, -0.2) is 0 Å². The van der Waals surface area contributed by atoms with Crippen molar-refractivity contribution in [2.45, 2.75) is 6.04 Å². The van der Waals surface area contributed by atoms with E-state index in [1.54, 1.807) is 6.08 Å². The summed E-state index contributed by atoms with van der Waals surface area (Å²) in [5, 5.41) is 8.82. The van der Waals surface area contributed by atoms with E-state index in [0.717, 1.165) is 0 Å². The molecule has 2 heterocycles. The van der Waals surface area contributed by atoms with Gasteiger partial charge >= 0.3 is 5.97 Å². The van der Waals surface area contributed by atoms with Crippen LogP contribution >= 0.6 is 0 Å². The Morgan fingerprint density at radius 2 is 2.08 bits per heavy atom. The molecule has 2 rings (SSSR count). The third-order valence-corrected chi connectivity index (χ3v) is 2.14. The Hall–Kier alpha value is -1.51. The van der Waals surface area contributed by atoms with E-state index < -0.39 is 11.9 Å². The third kappa shape index (κ3) is 0.942. The van der Waals surface area contributed by atoms with Crippen molar-refractivity contribution in [2.24, 2.45) is 5.92 Å². The Morgan fingerprint density at radius 1 is 1.25 bits per heavy atom. The van der Waals surface area contributed by atoms with Crippen LogP contribution in [0.2, 0.25) is 0 Å². The highest BCUT2D eigenvalue weighted by atomic mass is 16.4. The molecule has 0 fully saturated rings. The van der Waals surface area contributed by atoms with Gasteiger partial charge in [0.25, 0.3) is 0 Å². The molecule has 0 saturated heterocycles. The number of rotatable bonds is 1. The van der Waals surface area contributed by atoms with Gasteiger partial charge in [0.15, 0.2) is 0 Å². The molecule has 3 nitrogen and oxygen atoms in total. The lowest BCUT2D eigenvalue weighted by atomic mass is 10.0. The Bertz CT molecular complexity index is 291. The van der Waals surface area contributed by atoms with Crippen molar-refractivity contribution in [1.29, 1.82) is 0 Å². The van der Waals surface area contributed by atoms with Crippen LogP contribution in [0.15, 0.2) is 36.7 Å². The predicted octanol–water partition coefficient (Wildman–Crippen LogP) is 0.969. The molecule has 12 heavy (non-hydrogen) atoms. The van der Waals surface area contributed by atoms with Crippen LogP contribution < -0.4 is 0 Å². The average Bonchev–Trinajstić information content (AvgIpc) is 2.47. The van der Waals surface area contributed by atoms with Gasteiger partial charge < -0.3 is 10.0 Å². The van der Waals surface area contributed by atoms with Crippen molar-refractivity contribution < 1.29 is 9.90 Å². The third-order valence-electron chi connectivity index (χ3n) is 2.14. The van der Waals surface area contributed by atoms with Gasteiger partial charge in [0.1, 0.15) is 5.92 Å². The highest BCUT2D eigenvalue weighted by Crippen LogP contribution is 2.25. The summed E-state index contributed by atoms with van der Waals surface area (Å²) in [5.74, 6) is -1.16. The maximum absolute atomic E-state index is 10.7. The molecule has 0 bridgehead atoms. The minimum atomic E-state index is -0.765. The van der Waals surface area contributed by atoms with Crippen molar-refractivity contribution in [3.05, 3.63) is 36.7 Å². The molecule has 0 aromatic carbocycles. The molecule has 0 radical (unpaired) electrons. The summed E-state index contributed by atoms with van der Waals surface area (Å²) in [6.45, 7) is 0. The molecule has 2 aliphatic rings. The monoisotopic (exact) mass is 163 g/mol. The molecule has 2 aliphatic heterocycles. The minimum absolute atomic E-state index is 0.0208. The van der Waals surface area contributed by atoms with Crippen molar-refractivity contribution in [2.75, 3.05) is 0 Å². The Kier molecular flexibility index (Phi) is 1.50. The second-order valence-electron chi connectivity index (χ2n) is 2.87. The average molecular weight is 163 g/mol. The van der Waals surface area contributed by atoms with Gasteiger partial charge in [0.2, 0.25) is 0 Å². The number of hydrogen-bond donors (Lipinski definition) is 1. The number of carboxylic acids is 1. The molecule has 0 spiro atoms. The number of fused-ring (bicyclic) bond motifs is 1. The molecule has 0 amide bonds. The number of aliphatic carboxylic acids is 1. The minimum Gasteiger partial charge on any atom is -0.481 e. The van der Waals surface area contributed by atoms with Crippen LogP contribution in [0, 0.1) is 5.92 Å². The first-order valence-corrected chi connectivity index (χ1v) is 3.82. The van der Waals surface area contributed by atoms with E-state index in [4.69, 9.17) is 5.11 Å². The molecule has 0 aliphatic carbocycles. The fourth-order valence-electron chi connectivity index (χ4n) is 1.51. The lowest BCUT2D eigenvalue weighted by molar-refractivity contribution is -0.140. The summed E-state index contributed by atoms with van der Waals surface area (Å²) in [5.41, 5.74) is 0. The van der Waals surface area contributed by atoms with E-state index in [2.05, 4.69) is 0 Å². The Balaban J connectivity index is 2.24. The van der Waals surface area contributed by atoms with Crippen LogP contribution in [0.4, 0.5) is 0 Å². The molecule has 0 saturated carbocycles. The quantitative estimate of drug-likeness (QED) is 0.626. The highest BCUT2D eigenvalue weighted by molar-refractivity contribution is 5.74. The smallest absolute Gasteiger partial charge is 0.312 e. The first kappa shape index (κ1) is 7.16. The first-order chi connectivity index (χ1) is 5.79. The molecular formula is C9H9NO2. The summed E-state index contributed by atoms with van der Waals surface area (Å²) >= 11 is 0. The molecule has 2 atom stereocenters. The van der Waals surface area contributed by atoms with Crippen molar-refractivity contribution in [1.82, 2.24) is 4.90 Å². The topological polar surface area (TPSA) is 40.5 Å². The second-order valence-corrected chi connectivity index (χ2v) is 2.87. The standard InChI is InChI=1S/C9H9NO2/c11-9(12)7-4-6-10-5-2-1-3-8(7)10/h1-8H,(H,11,12). The fourth-order valence-corrected chi connectivity index (χ4v) is 1.51. The normalized spacial score (nSPS) is 30.8. The lowest BCUT2D eigenvalue weighted by Gasteiger charge is -2.23. The molecular weight excluding hydrogens is 154 g/mol. The van der Waals surface area contributed by atoms with Gasteiger partial charge in [-0.3, -0.25) is 4.79 Å². The van der Waals surface area contributed by atoms with Gasteiger partial charge in [-0.15, -0.1) is 0 Å². The Labute approximate surface area is 70.3 Å². The summed E-state index contributed by atoms with van der Waals surface area (Å²) in [7, 11) is 0. The zero-order chi connectivity index (χ0) is 8.55. The van der Waals surface area contributed by atoms with Crippen LogP contribution in [0.25, 0.3) is 0 Å². The number of hydrogen-bond acceptors (Lipinski definition) is 2. The molecule has 0 aromatic heterocycles. The second kappa shape index (κ2) is 2.52.